The lowest BCUT2D eigenvalue weighted by Gasteiger charge is -2.11. The van der Waals surface area contributed by atoms with Crippen LogP contribution in [0.25, 0.3) is 38.8 Å². The summed E-state index contributed by atoms with van der Waals surface area (Å²) in [5, 5.41) is 0.819. The lowest BCUT2D eigenvalue weighted by molar-refractivity contribution is 0.327. The fraction of sp³-hybridized carbons (Fsp3) is 0.200. The molecule has 0 amide bonds. The Labute approximate surface area is 195 Å². The third-order valence-corrected chi connectivity index (χ3v) is 5.70. The zero-order chi connectivity index (χ0) is 23.8. The summed E-state index contributed by atoms with van der Waals surface area (Å²) in [6.45, 7) is 2.48. The van der Waals surface area contributed by atoms with Gasteiger partial charge in [0.2, 0.25) is 17.6 Å². The van der Waals surface area contributed by atoms with E-state index in [9.17, 15) is 4.79 Å². The first-order valence-electron chi connectivity index (χ1n) is 10.7. The molecule has 4 heterocycles. The molecule has 0 aliphatic carbocycles. The normalized spacial score (nSPS) is 11.2. The Morgan fingerprint density at radius 3 is 2.41 bits per heavy atom. The highest BCUT2D eigenvalue weighted by Crippen LogP contribution is 2.32. The lowest BCUT2D eigenvalue weighted by atomic mass is 10.0. The number of aryl methyl sites for hydroxylation is 1. The van der Waals surface area contributed by atoms with E-state index in [2.05, 4.69) is 15.0 Å². The smallest absolute Gasteiger partial charge is 0.333 e. The van der Waals surface area contributed by atoms with Gasteiger partial charge in [-0.05, 0) is 36.8 Å². The van der Waals surface area contributed by atoms with Crippen molar-refractivity contribution in [3.05, 3.63) is 65.3 Å². The van der Waals surface area contributed by atoms with Crippen LogP contribution in [0.4, 0.5) is 0 Å². The van der Waals surface area contributed by atoms with Crippen molar-refractivity contribution in [3.8, 4) is 34.5 Å². The highest BCUT2D eigenvalue weighted by molar-refractivity contribution is 6.04. The molecule has 34 heavy (non-hydrogen) atoms. The van der Waals surface area contributed by atoms with Crippen molar-refractivity contribution < 1.29 is 14.2 Å². The molecule has 5 rings (SSSR count). The van der Waals surface area contributed by atoms with Crippen molar-refractivity contribution in [2.45, 2.75) is 6.92 Å². The average molecular weight is 457 g/mol. The Hall–Kier alpha value is -4.40. The molecule has 0 aliphatic heterocycles. The number of imidazole rings is 1. The number of rotatable bonds is 6. The maximum Gasteiger partial charge on any atom is 0.333 e. The fourth-order valence-corrected chi connectivity index (χ4v) is 4.03. The summed E-state index contributed by atoms with van der Waals surface area (Å²) in [5.41, 5.74) is 4.31. The molecule has 0 bridgehead atoms. The minimum absolute atomic E-state index is 0.234. The maximum atomic E-state index is 13.4. The highest BCUT2D eigenvalue weighted by Gasteiger charge is 2.20. The molecular formula is C25H23N5O4. The molecule has 0 saturated carbocycles. The van der Waals surface area contributed by atoms with Crippen molar-refractivity contribution in [3.63, 3.8) is 0 Å². The van der Waals surface area contributed by atoms with Crippen molar-refractivity contribution in [2.75, 3.05) is 20.8 Å². The van der Waals surface area contributed by atoms with Gasteiger partial charge in [0, 0.05) is 36.3 Å². The van der Waals surface area contributed by atoms with Gasteiger partial charge in [-0.25, -0.2) is 9.78 Å². The zero-order valence-corrected chi connectivity index (χ0v) is 19.3. The number of hydrogen-bond acceptors (Lipinski definition) is 7. The van der Waals surface area contributed by atoms with Crippen LogP contribution in [-0.4, -0.2) is 44.9 Å². The number of hydrogen-bond donors (Lipinski definition) is 0. The molecule has 0 N–H and O–H groups in total. The third-order valence-electron chi connectivity index (χ3n) is 5.70. The van der Waals surface area contributed by atoms with Gasteiger partial charge in [-0.3, -0.25) is 14.1 Å². The van der Waals surface area contributed by atoms with E-state index in [1.54, 1.807) is 40.7 Å². The van der Waals surface area contributed by atoms with E-state index in [-0.39, 0.29) is 11.6 Å². The van der Waals surface area contributed by atoms with Gasteiger partial charge in [-0.2, -0.15) is 4.98 Å². The number of benzene rings is 1. The van der Waals surface area contributed by atoms with Crippen molar-refractivity contribution >= 4 is 21.9 Å². The molecule has 0 unspecified atom stereocenters. The zero-order valence-electron chi connectivity index (χ0n) is 19.3. The maximum absolute atomic E-state index is 13.4. The summed E-state index contributed by atoms with van der Waals surface area (Å²) in [7, 11) is 4.76. The summed E-state index contributed by atoms with van der Waals surface area (Å²) in [6.07, 6.45) is 3.48. The second-order valence-electron chi connectivity index (χ2n) is 7.60. The van der Waals surface area contributed by atoms with Gasteiger partial charge < -0.3 is 14.2 Å². The number of nitrogens with zero attached hydrogens (tertiary/aromatic N) is 5. The van der Waals surface area contributed by atoms with E-state index < -0.39 is 0 Å². The second kappa shape index (κ2) is 8.51. The SMILES string of the molecule is CCOc1ccc(-c2ccc3ncc4c(c3c2)n(-c2ccc(OC)nc2OC)c(=O)n4C)cn1. The second-order valence-corrected chi connectivity index (χ2v) is 7.60. The molecule has 4 aromatic heterocycles. The molecule has 1 aromatic carbocycles. The Bertz CT molecular complexity index is 1570. The molecule has 9 heteroatoms. The number of ether oxygens (including phenoxy) is 3. The van der Waals surface area contributed by atoms with Gasteiger partial charge in [0.25, 0.3) is 0 Å². The fourth-order valence-electron chi connectivity index (χ4n) is 4.03. The minimum Gasteiger partial charge on any atom is -0.481 e. The predicted octanol–water partition coefficient (Wildman–Crippen LogP) is 3.75. The van der Waals surface area contributed by atoms with Crippen LogP contribution in [0.1, 0.15) is 6.92 Å². The molecule has 0 spiro atoms. The van der Waals surface area contributed by atoms with E-state index in [0.717, 1.165) is 22.0 Å². The quantitative estimate of drug-likeness (QED) is 0.383. The molecule has 0 radical (unpaired) electrons. The van der Waals surface area contributed by atoms with Crippen LogP contribution in [0.3, 0.4) is 0 Å². The largest absolute Gasteiger partial charge is 0.481 e. The van der Waals surface area contributed by atoms with Gasteiger partial charge >= 0.3 is 5.69 Å². The molecular weight excluding hydrogens is 434 g/mol. The lowest BCUT2D eigenvalue weighted by Crippen LogP contribution is -2.21. The molecule has 0 fully saturated rings. The van der Waals surface area contributed by atoms with Crippen molar-refractivity contribution in [1.82, 2.24) is 24.1 Å². The Balaban J connectivity index is 1.78. The van der Waals surface area contributed by atoms with Gasteiger partial charge in [-0.15, -0.1) is 0 Å². The first kappa shape index (κ1) is 21.4. The van der Waals surface area contributed by atoms with E-state index in [4.69, 9.17) is 14.2 Å². The van der Waals surface area contributed by atoms with E-state index in [1.807, 2.05) is 37.3 Å². The Morgan fingerprint density at radius 2 is 1.71 bits per heavy atom. The molecule has 0 atom stereocenters. The average Bonchev–Trinajstić information content (AvgIpc) is 3.14. The number of aromatic nitrogens is 5. The summed E-state index contributed by atoms with van der Waals surface area (Å²) < 4.78 is 19.3. The van der Waals surface area contributed by atoms with E-state index in [1.165, 1.54) is 14.2 Å². The van der Waals surface area contributed by atoms with Crippen molar-refractivity contribution in [2.24, 2.45) is 7.05 Å². The van der Waals surface area contributed by atoms with Crippen LogP contribution < -0.4 is 19.9 Å². The topological polar surface area (TPSA) is 93.3 Å². The monoisotopic (exact) mass is 457 g/mol. The van der Waals surface area contributed by atoms with Gasteiger partial charge in [0.15, 0.2) is 0 Å². The number of fused-ring (bicyclic) bond motifs is 3. The molecule has 0 aliphatic rings. The van der Waals surface area contributed by atoms with Crippen LogP contribution in [0.2, 0.25) is 0 Å². The molecule has 5 aromatic rings. The van der Waals surface area contributed by atoms with Gasteiger partial charge in [-0.1, -0.05) is 6.07 Å². The molecule has 9 nitrogen and oxygen atoms in total. The van der Waals surface area contributed by atoms with Crippen LogP contribution in [-0.2, 0) is 7.05 Å². The van der Waals surface area contributed by atoms with E-state index in [0.29, 0.717) is 35.1 Å². The van der Waals surface area contributed by atoms with Crippen molar-refractivity contribution in [1.29, 1.82) is 0 Å². The molecule has 0 saturated heterocycles. The van der Waals surface area contributed by atoms with Crippen LogP contribution in [0, 0.1) is 0 Å². The summed E-state index contributed by atoms with van der Waals surface area (Å²) in [4.78, 5) is 26.7. The Morgan fingerprint density at radius 1 is 0.912 bits per heavy atom. The third kappa shape index (κ3) is 3.42. The van der Waals surface area contributed by atoms with Gasteiger partial charge in [0.1, 0.15) is 5.69 Å². The standard InChI is InChI=1S/C25H23N5O4/c1-5-34-21-10-7-16(13-27-21)15-6-8-18-17(12-15)23-20(14-26-18)29(2)25(31)30(23)19-9-11-22(32-3)28-24(19)33-4/h6-14H,5H2,1-4H3. The highest BCUT2D eigenvalue weighted by atomic mass is 16.5. The minimum atomic E-state index is -0.234. The van der Waals surface area contributed by atoms with Gasteiger partial charge in [0.05, 0.1) is 43.6 Å². The number of methoxy groups -OCH3 is 2. The van der Waals surface area contributed by atoms with E-state index >= 15 is 0 Å². The predicted molar refractivity (Wildman–Crippen MR) is 129 cm³/mol. The summed E-state index contributed by atoms with van der Waals surface area (Å²) >= 11 is 0. The molecule has 172 valence electrons. The van der Waals surface area contributed by atoms with Crippen LogP contribution in [0.5, 0.6) is 17.6 Å². The first-order chi connectivity index (χ1) is 16.5. The summed E-state index contributed by atoms with van der Waals surface area (Å²) in [5.74, 6) is 1.25. The summed E-state index contributed by atoms with van der Waals surface area (Å²) in [6, 6.07) is 13.2. The Kier molecular flexibility index (Phi) is 5.37. The van der Waals surface area contributed by atoms with Crippen LogP contribution in [0.15, 0.2) is 59.7 Å². The van der Waals surface area contributed by atoms with Crippen LogP contribution >= 0.6 is 0 Å². The first-order valence-corrected chi connectivity index (χ1v) is 10.7. The number of pyridine rings is 3.